The van der Waals surface area contributed by atoms with Gasteiger partial charge < -0.3 is 9.84 Å². The van der Waals surface area contributed by atoms with E-state index in [-0.39, 0.29) is 5.91 Å². The van der Waals surface area contributed by atoms with Gasteiger partial charge in [0.2, 0.25) is 11.8 Å². The molecular formula is C22H28N6O2. The van der Waals surface area contributed by atoms with E-state index >= 15 is 0 Å². The lowest BCUT2D eigenvalue weighted by Crippen LogP contribution is -2.49. The molecule has 1 saturated heterocycles. The number of benzene rings is 1. The first-order valence-corrected chi connectivity index (χ1v) is 10.4. The summed E-state index contributed by atoms with van der Waals surface area (Å²) >= 11 is 0. The molecule has 4 rings (SSSR count). The lowest BCUT2D eigenvalue weighted by Gasteiger charge is -2.34. The maximum atomic E-state index is 12.9. The molecule has 8 heteroatoms. The van der Waals surface area contributed by atoms with Gasteiger partial charge in [0, 0.05) is 30.8 Å². The molecule has 0 bridgehead atoms. The number of para-hydroxylation sites is 1. The van der Waals surface area contributed by atoms with Crippen molar-refractivity contribution < 1.29 is 9.32 Å². The summed E-state index contributed by atoms with van der Waals surface area (Å²) in [6.07, 6.45) is 0.773. The highest BCUT2D eigenvalue weighted by molar-refractivity contribution is 5.84. The van der Waals surface area contributed by atoms with E-state index in [1.807, 2.05) is 48.9 Å². The molecule has 8 nitrogen and oxygen atoms in total. The van der Waals surface area contributed by atoms with Gasteiger partial charge in [-0.3, -0.25) is 9.69 Å². The van der Waals surface area contributed by atoms with Gasteiger partial charge in [-0.2, -0.15) is 10.1 Å². The van der Waals surface area contributed by atoms with Gasteiger partial charge in [0.25, 0.3) is 0 Å². The number of carbonyl (C=O) groups excluding carboxylic acids is 1. The highest BCUT2D eigenvalue weighted by Gasteiger charge is 2.36. The van der Waals surface area contributed by atoms with E-state index in [9.17, 15) is 4.79 Å². The number of aromatic nitrogens is 4. The Bertz CT molecular complexity index is 1020. The largest absolute Gasteiger partial charge is 0.353 e. The molecule has 1 N–H and O–H groups in total. The minimum atomic E-state index is -0.448. The zero-order valence-corrected chi connectivity index (χ0v) is 17.9. The number of carbonyl (C=O) groups is 1. The van der Waals surface area contributed by atoms with Gasteiger partial charge in [-0.25, -0.2) is 4.68 Å². The quantitative estimate of drug-likeness (QED) is 0.675. The molecule has 0 saturated carbocycles. The molecule has 1 aromatic carbocycles. The second-order valence-corrected chi connectivity index (χ2v) is 8.20. The van der Waals surface area contributed by atoms with E-state index in [1.165, 1.54) is 0 Å². The average molecular weight is 409 g/mol. The van der Waals surface area contributed by atoms with Gasteiger partial charge >= 0.3 is 0 Å². The van der Waals surface area contributed by atoms with Crippen molar-refractivity contribution in [1.82, 2.24) is 30.1 Å². The third kappa shape index (κ3) is 4.00. The third-order valence-corrected chi connectivity index (χ3v) is 5.37. The van der Waals surface area contributed by atoms with Crippen molar-refractivity contribution in [3.8, 4) is 5.69 Å². The molecule has 0 spiro atoms. The van der Waals surface area contributed by atoms with E-state index in [1.54, 1.807) is 0 Å². The Morgan fingerprint density at radius 2 is 2.00 bits per heavy atom. The van der Waals surface area contributed by atoms with E-state index in [0.29, 0.717) is 37.3 Å². The van der Waals surface area contributed by atoms with Crippen molar-refractivity contribution in [3.05, 3.63) is 59.0 Å². The zero-order valence-electron chi connectivity index (χ0n) is 17.9. The van der Waals surface area contributed by atoms with Crippen LogP contribution in [0.25, 0.3) is 5.69 Å². The number of hydrogen-bond acceptors (Lipinski definition) is 6. The van der Waals surface area contributed by atoms with Crippen LogP contribution in [-0.4, -0.2) is 43.8 Å². The normalized spacial score (nSPS) is 17.5. The van der Waals surface area contributed by atoms with Crippen LogP contribution in [-0.2, 0) is 17.8 Å². The lowest BCUT2D eigenvalue weighted by atomic mass is 10.00. The fourth-order valence-electron chi connectivity index (χ4n) is 4.05. The number of nitrogens with zero attached hydrogens (tertiary/aromatic N) is 5. The first-order chi connectivity index (χ1) is 14.4. The Labute approximate surface area is 176 Å². The average Bonchev–Trinajstić information content (AvgIpc) is 3.26. The molecule has 0 radical (unpaired) electrons. The van der Waals surface area contributed by atoms with E-state index < -0.39 is 6.04 Å². The van der Waals surface area contributed by atoms with Crippen molar-refractivity contribution in [2.45, 2.75) is 46.7 Å². The first kappa shape index (κ1) is 20.3. The van der Waals surface area contributed by atoms with Crippen LogP contribution in [0, 0.1) is 19.8 Å². The van der Waals surface area contributed by atoms with Crippen LogP contribution in [0.2, 0.25) is 0 Å². The Morgan fingerprint density at radius 3 is 2.73 bits per heavy atom. The summed E-state index contributed by atoms with van der Waals surface area (Å²) in [5.41, 5.74) is 3.70. The molecule has 1 aliphatic rings. The second kappa shape index (κ2) is 8.39. The summed E-state index contributed by atoms with van der Waals surface area (Å²) in [5.74, 6) is 1.68. The maximum Gasteiger partial charge on any atom is 0.242 e. The SMILES string of the molecule is Cc1nn(-c2ccccc2)c(C)c1C1C(=O)NCCN1Cc1nc(CC(C)C)no1. The van der Waals surface area contributed by atoms with Gasteiger partial charge in [0.1, 0.15) is 6.04 Å². The summed E-state index contributed by atoms with van der Waals surface area (Å²) in [4.78, 5) is 19.6. The molecule has 2 aromatic heterocycles. The minimum Gasteiger partial charge on any atom is -0.353 e. The summed E-state index contributed by atoms with van der Waals surface area (Å²) < 4.78 is 7.37. The predicted molar refractivity (Wildman–Crippen MR) is 112 cm³/mol. The first-order valence-electron chi connectivity index (χ1n) is 10.4. The predicted octanol–water partition coefficient (Wildman–Crippen LogP) is 2.74. The van der Waals surface area contributed by atoms with Gasteiger partial charge in [-0.1, -0.05) is 37.2 Å². The fourth-order valence-corrected chi connectivity index (χ4v) is 4.05. The molecule has 158 valence electrons. The Kier molecular flexibility index (Phi) is 5.67. The van der Waals surface area contributed by atoms with E-state index in [2.05, 4.69) is 34.2 Å². The summed E-state index contributed by atoms with van der Waals surface area (Å²) in [7, 11) is 0. The van der Waals surface area contributed by atoms with Crippen LogP contribution in [0.1, 0.15) is 48.6 Å². The summed E-state index contributed by atoms with van der Waals surface area (Å²) in [6, 6.07) is 9.51. The molecular weight excluding hydrogens is 380 g/mol. The number of aryl methyl sites for hydroxylation is 1. The Balaban J connectivity index is 1.65. The lowest BCUT2D eigenvalue weighted by molar-refractivity contribution is -0.129. The second-order valence-electron chi connectivity index (χ2n) is 8.20. The van der Waals surface area contributed by atoms with Crippen LogP contribution in [0.5, 0.6) is 0 Å². The standard InChI is InChI=1S/C22H28N6O2/c1-14(2)12-18-24-19(30-26-18)13-27-11-10-23-22(29)21(27)20-15(3)25-28(16(20)4)17-8-6-5-7-9-17/h5-9,14,21H,10-13H2,1-4H3,(H,23,29). The minimum absolute atomic E-state index is 0.0259. The Morgan fingerprint density at radius 1 is 1.23 bits per heavy atom. The van der Waals surface area contributed by atoms with Crippen molar-refractivity contribution in [2.24, 2.45) is 5.92 Å². The summed E-state index contributed by atoms with van der Waals surface area (Å²) in [5, 5.41) is 11.8. The topological polar surface area (TPSA) is 89.1 Å². The molecule has 1 atom stereocenters. The third-order valence-electron chi connectivity index (χ3n) is 5.37. The van der Waals surface area contributed by atoms with E-state index in [0.717, 1.165) is 29.1 Å². The van der Waals surface area contributed by atoms with Crippen LogP contribution in [0.4, 0.5) is 0 Å². The van der Waals surface area contributed by atoms with Crippen molar-refractivity contribution >= 4 is 5.91 Å². The molecule has 3 heterocycles. The van der Waals surface area contributed by atoms with Gasteiger partial charge in [-0.05, 0) is 31.9 Å². The molecule has 1 unspecified atom stereocenters. The maximum absolute atomic E-state index is 12.9. The van der Waals surface area contributed by atoms with Crippen molar-refractivity contribution in [1.29, 1.82) is 0 Å². The monoisotopic (exact) mass is 408 g/mol. The fraction of sp³-hybridized carbons (Fsp3) is 0.455. The molecule has 0 aliphatic carbocycles. The molecule has 1 aliphatic heterocycles. The van der Waals surface area contributed by atoms with Gasteiger partial charge in [0.05, 0.1) is 17.9 Å². The van der Waals surface area contributed by atoms with Gasteiger partial charge in [0.15, 0.2) is 5.82 Å². The van der Waals surface area contributed by atoms with E-state index in [4.69, 9.17) is 9.62 Å². The number of nitrogens with one attached hydrogen (secondary N) is 1. The number of amides is 1. The number of hydrogen-bond donors (Lipinski definition) is 1. The van der Waals surface area contributed by atoms with Crippen molar-refractivity contribution in [2.75, 3.05) is 13.1 Å². The highest BCUT2D eigenvalue weighted by atomic mass is 16.5. The van der Waals surface area contributed by atoms with Crippen LogP contribution >= 0.6 is 0 Å². The Hall–Kier alpha value is -3.00. The number of piperazine rings is 1. The zero-order chi connectivity index (χ0) is 21.3. The number of rotatable bonds is 6. The van der Waals surface area contributed by atoms with Crippen LogP contribution < -0.4 is 5.32 Å². The molecule has 30 heavy (non-hydrogen) atoms. The van der Waals surface area contributed by atoms with Crippen molar-refractivity contribution in [3.63, 3.8) is 0 Å². The molecule has 1 fully saturated rings. The summed E-state index contributed by atoms with van der Waals surface area (Å²) in [6.45, 7) is 9.93. The van der Waals surface area contributed by atoms with Gasteiger partial charge in [-0.15, -0.1) is 0 Å². The molecule has 3 aromatic rings. The van der Waals surface area contributed by atoms with Crippen LogP contribution in [0.15, 0.2) is 34.9 Å². The smallest absolute Gasteiger partial charge is 0.242 e. The molecule has 1 amide bonds. The highest BCUT2D eigenvalue weighted by Crippen LogP contribution is 2.31. The van der Waals surface area contributed by atoms with Crippen LogP contribution in [0.3, 0.4) is 0 Å².